The predicted molar refractivity (Wildman–Crippen MR) is 233 cm³/mol. The molecule has 0 aromatic rings. The van der Waals surface area contributed by atoms with Crippen LogP contribution in [-0.2, 0) is 28.6 Å². The molecule has 0 fully saturated rings. The summed E-state index contributed by atoms with van der Waals surface area (Å²) in [6, 6.07) is 0. The highest BCUT2D eigenvalue weighted by Gasteiger charge is 2.19. The highest BCUT2D eigenvalue weighted by atomic mass is 16.6. The van der Waals surface area contributed by atoms with Crippen LogP contribution >= 0.6 is 0 Å². The summed E-state index contributed by atoms with van der Waals surface area (Å²) in [5.41, 5.74) is 0. The molecule has 1 unspecified atom stereocenters. The lowest BCUT2D eigenvalue weighted by Crippen LogP contribution is -2.30. The van der Waals surface area contributed by atoms with Gasteiger partial charge in [0.2, 0.25) is 0 Å². The Morgan fingerprint density at radius 2 is 0.745 bits per heavy atom. The van der Waals surface area contributed by atoms with E-state index in [0.29, 0.717) is 19.3 Å². The maximum atomic E-state index is 12.7. The standard InChI is InChI=1S/C49H86O6/c1-4-7-10-13-16-19-22-23-24-25-26-28-30-33-36-39-42-48(51)54-45-46(44-53-47(50)41-38-35-32-29-21-18-15-12-9-6-3)55-49(52)43-40-37-34-31-27-20-17-14-11-8-5-2/h8,11,15,17-18,20,31,34,46H,4-7,9-10,12-14,16,19,21-30,32-33,35-45H2,1-3H3/b11-8-,18-15-,20-17-,34-31-. The Hall–Kier alpha value is -2.63. The van der Waals surface area contributed by atoms with Gasteiger partial charge in [-0.25, -0.2) is 0 Å². The van der Waals surface area contributed by atoms with Crippen molar-refractivity contribution < 1.29 is 28.6 Å². The number of carbonyl (C=O) groups excluding carboxylic acids is 3. The van der Waals surface area contributed by atoms with Gasteiger partial charge in [-0.05, 0) is 64.2 Å². The van der Waals surface area contributed by atoms with Crippen molar-refractivity contribution in [3.05, 3.63) is 48.6 Å². The maximum absolute atomic E-state index is 12.7. The zero-order chi connectivity index (χ0) is 40.1. The van der Waals surface area contributed by atoms with Crippen molar-refractivity contribution >= 4 is 17.9 Å². The van der Waals surface area contributed by atoms with E-state index in [1.807, 2.05) is 0 Å². The number of rotatable bonds is 41. The Kier molecular flexibility index (Phi) is 42.0. The number of ether oxygens (including phenoxy) is 3. The summed E-state index contributed by atoms with van der Waals surface area (Å²) in [5.74, 6) is -0.964. The molecule has 0 radical (unpaired) electrons. The molecule has 6 nitrogen and oxygen atoms in total. The second-order valence-electron chi connectivity index (χ2n) is 15.3. The number of hydrogen-bond acceptors (Lipinski definition) is 6. The van der Waals surface area contributed by atoms with Gasteiger partial charge < -0.3 is 14.2 Å². The van der Waals surface area contributed by atoms with Crippen molar-refractivity contribution in [2.75, 3.05) is 13.2 Å². The Morgan fingerprint density at radius 1 is 0.382 bits per heavy atom. The Labute approximate surface area is 339 Å². The molecule has 0 aromatic heterocycles. The molecule has 1 atom stereocenters. The van der Waals surface area contributed by atoms with Crippen LogP contribution in [0, 0.1) is 0 Å². The van der Waals surface area contributed by atoms with Gasteiger partial charge >= 0.3 is 17.9 Å². The van der Waals surface area contributed by atoms with Gasteiger partial charge in [0, 0.05) is 19.3 Å². The number of allylic oxidation sites excluding steroid dienone is 8. The Balaban J connectivity index is 4.37. The third-order valence-corrected chi connectivity index (χ3v) is 9.82. The van der Waals surface area contributed by atoms with Crippen molar-refractivity contribution in [2.45, 2.75) is 232 Å². The first-order chi connectivity index (χ1) is 27.0. The third-order valence-electron chi connectivity index (χ3n) is 9.82. The molecule has 0 N–H and O–H groups in total. The zero-order valence-electron chi connectivity index (χ0n) is 36.2. The first-order valence-electron chi connectivity index (χ1n) is 23.1. The molecule has 0 saturated heterocycles. The summed E-state index contributed by atoms with van der Waals surface area (Å²) in [5, 5.41) is 0. The van der Waals surface area contributed by atoms with Crippen LogP contribution in [0.5, 0.6) is 0 Å². The summed E-state index contributed by atoms with van der Waals surface area (Å²) in [6.07, 6.45) is 51.1. The third kappa shape index (κ3) is 42.4. The van der Waals surface area contributed by atoms with Gasteiger partial charge in [0.15, 0.2) is 6.10 Å². The Morgan fingerprint density at radius 3 is 1.24 bits per heavy atom. The van der Waals surface area contributed by atoms with Crippen LogP contribution in [-0.4, -0.2) is 37.2 Å². The number of carbonyl (C=O) groups is 3. The zero-order valence-corrected chi connectivity index (χ0v) is 36.2. The highest BCUT2D eigenvalue weighted by molar-refractivity contribution is 5.71. The molecule has 6 heteroatoms. The van der Waals surface area contributed by atoms with Crippen LogP contribution in [0.3, 0.4) is 0 Å². The van der Waals surface area contributed by atoms with Crippen molar-refractivity contribution in [3.63, 3.8) is 0 Å². The molecule has 0 heterocycles. The van der Waals surface area contributed by atoms with E-state index in [9.17, 15) is 14.4 Å². The van der Waals surface area contributed by atoms with Crippen molar-refractivity contribution in [1.82, 2.24) is 0 Å². The SMILES string of the molecule is CC/C=C\C/C=C\C/C=C\CCCC(=O)OC(COC(=O)CCCCCC/C=C\CCCC)COC(=O)CCCCCCCCCCCCCCCCCC. The van der Waals surface area contributed by atoms with E-state index in [1.165, 1.54) is 96.3 Å². The summed E-state index contributed by atoms with van der Waals surface area (Å²) in [7, 11) is 0. The minimum Gasteiger partial charge on any atom is -0.462 e. The maximum Gasteiger partial charge on any atom is 0.306 e. The van der Waals surface area contributed by atoms with Gasteiger partial charge in [-0.2, -0.15) is 0 Å². The van der Waals surface area contributed by atoms with E-state index < -0.39 is 6.10 Å². The van der Waals surface area contributed by atoms with Gasteiger partial charge in [-0.3, -0.25) is 14.4 Å². The molecule has 0 spiro atoms. The minimum atomic E-state index is -0.798. The molecule has 0 aliphatic carbocycles. The lowest BCUT2D eigenvalue weighted by molar-refractivity contribution is -0.167. The van der Waals surface area contributed by atoms with Crippen LogP contribution in [0.4, 0.5) is 0 Å². The second kappa shape index (κ2) is 44.1. The van der Waals surface area contributed by atoms with Gasteiger partial charge in [0.1, 0.15) is 13.2 Å². The quantitative estimate of drug-likeness (QED) is 0.0267. The lowest BCUT2D eigenvalue weighted by Gasteiger charge is -2.18. The van der Waals surface area contributed by atoms with Crippen molar-refractivity contribution in [2.24, 2.45) is 0 Å². The van der Waals surface area contributed by atoms with Gasteiger partial charge in [-0.1, -0.05) is 191 Å². The lowest BCUT2D eigenvalue weighted by atomic mass is 10.0. The van der Waals surface area contributed by atoms with Crippen molar-refractivity contribution in [1.29, 1.82) is 0 Å². The summed E-state index contributed by atoms with van der Waals surface area (Å²) < 4.78 is 16.6. The molecule has 0 saturated carbocycles. The van der Waals surface area contributed by atoms with E-state index in [0.717, 1.165) is 83.5 Å². The number of unbranched alkanes of at least 4 members (excludes halogenated alkanes) is 22. The topological polar surface area (TPSA) is 78.9 Å². The van der Waals surface area contributed by atoms with Crippen molar-refractivity contribution in [3.8, 4) is 0 Å². The molecule has 0 bridgehead atoms. The second-order valence-corrected chi connectivity index (χ2v) is 15.3. The minimum absolute atomic E-state index is 0.0951. The van der Waals surface area contributed by atoms with Crippen LogP contribution in [0.1, 0.15) is 226 Å². The molecule has 55 heavy (non-hydrogen) atoms. The first-order valence-corrected chi connectivity index (χ1v) is 23.1. The average Bonchev–Trinajstić information content (AvgIpc) is 3.18. The molecule has 0 aliphatic heterocycles. The normalized spacial score (nSPS) is 12.4. The first kappa shape index (κ1) is 52.4. The monoisotopic (exact) mass is 771 g/mol. The summed E-state index contributed by atoms with van der Waals surface area (Å²) in [4.78, 5) is 37.7. The number of esters is 3. The fourth-order valence-electron chi connectivity index (χ4n) is 6.33. The fraction of sp³-hybridized carbons (Fsp3) is 0.776. The van der Waals surface area contributed by atoms with E-state index in [-0.39, 0.29) is 37.5 Å². The molecule has 318 valence electrons. The smallest absolute Gasteiger partial charge is 0.306 e. The van der Waals surface area contributed by atoms with Crippen LogP contribution < -0.4 is 0 Å². The Bertz CT molecular complexity index is 980. The molecule has 0 amide bonds. The van der Waals surface area contributed by atoms with E-state index >= 15 is 0 Å². The molecular formula is C49H86O6. The summed E-state index contributed by atoms with van der Waals surface area (Å²) in [6.45, 7) is 6.42. The largest absolute Gasteiger partial charge is 0.462 e. The van der Waals surface area contributed by atoms with Crippen LogP contribution in [0.15, 0.2) is 48.6 Å². The van der Waals surface area contributed by atoms with Crippen LogP contribution in [0.2, 0.25) is 0 Å². The van der Waals surface area contributed by atoms with Gasteiger partial charge in [-0.15, -0.1) is 0 Å². The van der Waals surface area contributed by atoms with E-state index in [2.05, 4.69) is 69.4 Å². The molecule has 0 aliphatic rings. The van der Waals surface area contributed by atoms with Gasteiger partial charge in [0.05, 0.1) is 0 Å². The summed E-state index contributed by atoms with van der Waals surface area (Å²) >= 11 is 0. The van der Waals surface area contributed by atoms with E-state index in [1.54, 1.807) is 0 Å². The molecule has 0 rings (SSSR count). The highest BCUT2D eigenvalue weighted by Crippen LogP contribution is 2.15. The number of hydrogen-bond donors (Lipinski definition) is 0. The van der Waals surface area contributed by atoms with E-state index in [4.69, 9.17) is 14.2 Å². The molecular weight excluding hydrogens is 685 g/mol. The average molecular weight is 771 g/mol. The van der Waals surface area contributed by atoms with Gasteiger partial charge in [0.25, 0.3) is 0 Å². The van der Waals surface area contributed by atoms with Crippen LogP contribution in [0.25, 0.3) is 0 Å². The fourth-order valence-corrected chi connectivity index (χ4v) is 6.33. The predicted octanol–water partition coefficient (Wildman–Crippen LogP) is 14.8. The molecule has 0 aromatic carbocycles.